The van der Waals surface area contributed by atoms with Crippen molar-refractivity contribution in [1.29, 1.82) is 0 Å². The molecule has 108 valence electrons. The largest absolute Gasteiger partial charge is 0.489 e. The maximum atomic E-state index is 13.5. The second-order valence-electron chi connectivity index (χ2n) is 4.31. The van der Waals surface area contributed by atoms with Gasteiger partial charge in [0.05, 0.1) is 7.11 Å². The molecule has 0 bridgehead atoms. The molecule has 0 spiro atoms. The van der Waals surface area contributed by atoms with Crippen LogP contribution in [0.5, 0.6) is 5.75 Å². The van der Waals surface area contributed by atoms with Gasteiger partial charge in [0.2, 0.25) is 0 Å². The van der Waals surface area contributed by atoms with Gasteiger partial charge in [-0.2, -0.15) is 0 Å². The van der Waals surface area contributed by atoms with Gasteiger partial charge in [0.1, 0.15) is 18.2 Å². The molecule has 3 nitrogen and oxygen atoms in total. The van der Waals surface area contributed by atoms with Crippen LogP contribution in [0.4, 0.5) is 4.39 Å². The molecule has 0 aromatic heterocycles. The van der Waals surface area contributed by atoms with E-state index < -0.39 is 5.97 Å². The third kappa shape index (κ3) is 4.45. The first-order valence-electron chi connectivity index (χ1n) is 6.41. The summed E-state index contributed by atoms with van der Waals surface area (Å²) in [5, 5.41) is 0. The zero-order chi connectivity index (χ0) is 15.1. The Morgan fingerprint density at radius 2 is 2.00 bits per heavy atom. The molecule has 0 N–H and O–H groups in total. The molecule has 2 aromatic carbocycles. The zero-order valence-electron chi connectivity index (χ0n) is 11.6. The van der Waals surface area contributed by atoms with E-state index in [9.17, 15) is 9.18 Å². The van der Waals surface area contributed by atoms with E-state index in [0.717, 1.165) is 5.56 Å². The Labute approximate surface area is 122 Å². The van der Waals surface area contributed by atoms with Crippen LogP contribution in [0.3, 0.4) is 0 Å². The Morgan fingerprint density at radius 3 is 2.76 bits per heavy atom. The molecule has 0 saturated carbocycles. The number of methoxy groups -OCH3 is 1. The minimum absolute atomic E-state index is 0.150. The smallest absolute Gasteiger partial charge is 0.330 e. The number of carbonyl (C=O) groups excluding carboxylic acids is 1. The van der Waals surface area contributed by atoms with Crippen LogP contribution in [0.15, 0.2) is 54.6 Å². The lowest BCUT2D eigenvalue weighted by molar-refractivity contribution is -0.134. The van der Waals surface area contributed by atoms with Crippen LogP contribution in [-0.2, 0) is 16.1 Å². The number of carbonyl (C=O) groups is 1. The van der Waals surface area contributed by atoms with Gasteiger partial charge in [-0.3, -0.25) is 0 Å². The summed E-state index contributed by atoms with van der Waals surface area (Å²) in [5.74, 6) is -0.114. The van der Waals surface area contributed by atoms with E-state index in [1.807, 2.05) is 6.07 Å². The van der Waals surface area contributed by atoms with Gasteiger partial charge in [0, 0.05) is 11.6 Å². The molecule has 0 saturated heterocycles. The number of halogens is 1. The third-order valence-corrected chi connectivity index (χ3v) is 2.82. The molecule has 0 aliphatic rings. The molecule has 0 amide bonds. The summed E-state index contributed by atoms with van der Waals surface area (Å²) in [4.78, 5) is 11.0. The fourth-order valence-electron chi connectivity index (χ4n) is 1.72. The standard InChI is InChI=1S/C17H15FO3/c1-20-17(19)10-9-13-5-4-7-15(11-13)21-12-14-6-2-3-8-16(14)18/h2-11H,12H2,1H3/b10-9+. The lowest BCUT2D eigenvalue weighted by Crippen LogP contribution is -1.98. The van der Waals surface area contributed by atoms with Gasteiger partial charge in [0.25, 0.3) is 0 Å². The lowest BCUT2D eigenvalue weighted by Gasteiger charge is -2.07. The Morgan fingerprint density at radius 1 is 1.19 bits per heavy atom. The highest BCUT2D eigenvalue weighted by atomic mass is 19.1. The molecule has 2 rings (SSSR count). The maximum absolute atomic E-state index is 13.5. The van der Waals surface area contributed by atoms with Crippen molar-refractivity contribution >= 4 is 12.0 Å². The Balaban J connectivity index is 2.03. The van der Waals surface area contributed by atoms with Gasteiger partial charge < -0.3 is 9.47 Å². The zero-order valence-corrected chi connectivity index (χ0v) is 11.6. The summed E-state index contributed by atoms with van der Waals surface area (Å²) >= 11 is 0. The van der Waals surface area contributed by atoms with E-state index in [-0.39, 0.29) is 12.4 Å². The summed E-state index contributed by atoms with van der Waals surface area (Å²) in [5.41, 5.74) is 1.29. The number of rotatable bonds is 5. The van der Waals surface area contributed by atoms with Crippen LogP contribution in [0.25, 0.3) is 6.08 Å². The van der Waals surface area contributed by atoms with Crippen molar-refractivity contribution in [1.82, 2.24) is 0 Å². The van der Waals surface area contributed by atoms with Crippen molar-refractivity contribution in [3.8, 4) is 5.75 Å². The minimum atomic E-state index is -0.423. The van der Waals surface area contributed by atoms with Gasteiger partial charge in [-0.1, -0.05) is 30.3 Å². The van der Waals surface area contributed by atoms with Gasteiger partial charge >= 0.3 is 5.97 Å². The molecular formula is C17H15FO3. The fourth-order valence-corrected chi connectivity index (χ4v) is 1.72. The summed E-state index contributed by atoms with van der Waals surface area (Å²) in [6.45, 7) is 0.150. The van der Waals surface area contributed by atoms with Crippen LogP contribution in [-0.4, -0.2) is 13.1 Å². The number of benzene rings is 2. The monoisotopic (exact) mass is 286 g/mol. The number of hydrogen-bond donors (Lipinski definition) is 0. The molecule has 0 aliphatic carbocycles. The molecule has 4 heteroatoms. The Bertz CT molecular complexity index is 650. The molecule has 0 aliphatic heterocycles. The second kappa shape index (κ2) is 7.24. The molecule has 0 unspecified atom stereocenters. The maximum Gasteiger partial charge on any atom is 0.330 e. The predicted octanol–water partition coefficient (Wildman–Crippen LogP) is 3.59. The van der Waals surface area contributed by atoms with Crippen molar-refractivity contribution in [2.45, 2.75) is 6.61 Å². The van der Waals surface area contributed by atoms with Gasteiger partial charge in [-0.15, -0.1) is 0 Å². The molecule has 2 aromatic rings. The molecule has 0 radical (unpaired) electrons. The van der Waals surface area contributed by atoms with Crippen LogP contribution < -0.4 is 4.74 Å². The molecule has 0 heterocycles. The highest BCUT2D eigenvalue weighted by Gasteiger charge is 2.02. The average molecular weight is 286 g/mol. The van der Waals surface area contributed by atoms with Gasteiger partial charge in [-0.05, 0) is 29.8 Å². The Kier molecular flexibility index (Phi) is 5.10. The average Bonchev–Trinajstić information content (AvgIpc) is 2.52. The van der Waals surface area contributed by atoms with Crippen LogP contribution in [0, 0.1) is 5.82 Å². The number of esters is 1. The van der Waals surface area contributed by atoms with Crippen LogP contribution in [0.2, 0.25) is 0 Å². The molecule has 0 atom stereocenters. The number of hydrogen-bond acceptors (Lipinski definition) is 3. The summed E-state index contributed by atoms with van der Waals surface area (Å²) < 4.78 is 23.6. The first-order chi connectivity index (χ1) is 10.2. The molecule has 21 heavy (non-hydrogen) atoms. The van der Waals surface area contributed by atoms with Crippen molar-refractivity contribution < 1.29 is 18.7 Å². The van der Waals surface area contributed by atoms with E-state index in [1.54, 1.807) is 42.5 Å². The minimum Gasteiger partial charge on any atom is -0.489 e. The molecule has 0 fully saturated rings. The molecular weight excluding hydrogens is 271 g/mol. The van der Waals surface area contributed by atoms with Crippen LogP contribution in [0.1, 0.15) is 11.1 Å². The highest BCUT2D eigenvalue weighted by molar-refractivity contribution is 5.86. The van der Waals surface area contributed by atoms with Crippen molar-refractivity contribution in [2.24, 2.45) is 0 Å². The van der Waals surface area contributed by atoms with Crippen molar-refractivity contribution in [3.05, 3.63) is 71.6 Å². The van der Waals surface area contributed by atoms with E-state index in [2.05, 4.69) is 4.74 Å². The highest BCUT2D eigenvalue weighted by Crippen LogP contribution is 2.17. The second-order valence-corrected chi connectivity index (χ2v) is 4.31. The SMILES string of the molecule is COC(=O)/C=C/c1cccc(OCc2ccccc2F)c1. The van der Waals surface area contributed by atoms with Crippen LogP contribution >= 0.6 is 0 Å². The van der Waals surface area contributed by atoms with E-state index in [0.29, 0.717) is 11.3 Å². The first kappa shape index (κ1) is 14.8. The predicted molar refractivity (Wildman–Crippen MR) is 78.2 cm³/mol. The summed E-state index contributed by atoms with van der Waals surface area (Å²) in [7, 11) is 1.32. The third-order valence-electron chi connectivity index (χ3n) is 2.82. The van der Waals surface area contributed by atoms with E-state index >= 15 is 0 Å². The topological polar surface area (TPSA) is 35.5 Å². The van der Waals surface area contributed by atoms with Crippen molar-refractivity contribution in [2.75, 3.05) is 7.11 Å². The summed E-state index contributed by atoms with van der Waals surface area (Å²) in [6.07, 6.45) is 2.96. The van der Waals surface area contributed by atoms with Crippen molar-refractivity contribution in [3.63, 3.8) is 0 Å². The quantitative estimate of drug-likeness (QED) is 0.622. The van der Waals surface area contributed by atoms with E-state index in [1.165, 1.54) is 19.3 Å². The fraction of sp³-hybridized carbons (Fsp3) is 0.118. The first-order valence-corrected chi connectivity index (χ1v) is 6.41. The summed E-state index contributed by atoms with van der Waals surface area (Å²) in [6, 6.07) is 13.6. The normalized spacial score (nSPS) is 10.6. The van der Waals surface area contributed by atoms with Gasteiger partial charge in [0.15, 0.2) is 0 Å². The Hall–Kier alpha value is -2.62. The van der Waals surface area contributed by atoms with E-state index in [4.69, 9.17) is 4.74 Å². The number of ether oxygens (including phenoxy) is 2. The van der Waals surface area contributed by atoms with Gasteiger partial charge in [-0.25, -0.2) is 9.18 Å². The lowest BCUT2D eigenvalue weighted by atomic mass is 10.2.